The third kappa shape index (κ3) is 6.19. The van der Waals surface area contributed by atoms with E-state index in [1.165, 1.54) is 64.2 Å². The maximum Gasteiger partial charge on any atom is 0.320 e. The van der Waals surface area contributed by atoms with Gasteiger partial charge in [0.05, 0.1) is 6.54 Å². The molecule has 0 aromatic rings. The quantitative estimate of drug-likeness (QED) is 0.196. The molecule has 3 heteroatoms. The van der Waals surface area contributed by atoms with Crippen LogP contribution in [0.15, 0.2) is 11.6 Å². The number of carbonyl (C=O) groups is 1. The molecule has 0 spiro atoms. The molecule has 4 aliphatic rings. The van der Waals surface area contributed by atoms with Crippen molar-refractivity contribution in [3.05, 3.63) is 11.6 Å². The Hall–Kier alpha value is -0.830. The number of hydrogen-bond acceptors (Lipinski definition) is 3. The lowest BCUT2D eigenvalue weighted by Gasteiger charge is -2.58. The van der Waals surface area contributed by atoms with Gasteiger partial charge in [-0.15, -0.1) is 0 Å². The van der Waals surface area contributed by atoms with Crippen molar-refractivity contribution in [3.8, 4) is 0 Å². The van der Waals surface area contributed by atoms with Crippen molar-refractivity contribution in [1.29, 1.82) is 0 Å². The second-order valence-corrected chi connectivity index (χ2v) is 13.3. The molecule has 3 saturated carbocycles. The average Bonchev–Trinajstić information content (AvgIpc) is 3.14. The molecule has 3 nitrogen and oxygen atoms in total. The van der Waals surface area contributed by atoms with Crippen LogP contribution in [0.5, 0.6) is 0 Å². The van der Waals surface area contributed by atoms with Gasteiger partial charge in [0.25, 0.3) is 0 Å². The standard InChI is InChI=1S/C30H51NO2.C2H6/c1-21(2)9-7-8-10-22-12-14-26-25-13-11-23-19-24(33-28(32)20-31(5)6)15-17-30(23,4)27(25)16-18-29(22,26)3;1-2/h11,21-22,24-27H,7-10,12-20H2,1-6H3;1-2H3/t22-,24?,25-,26?,27?,29+,30-;/m0./s1. The number of carbonyl (C=O) groups excluding carboxylic acids is 1. The van der Waals surface area contributed by atoms with Crippen LogP contribution in [0.3, 0.4) is 0 Å². The molecule has 202 valence electrons. The van der Waals surface area contributed by atoms with E-state index in [9.17, 15) is 4.79 Å². The van der Waals surface area contributed by atoms with Crippen molar-refractivity contribution in [2.75, 3.05) is 20.6 Å². The zero-order valence-corrected chi connectivity index (χ0v) is 24.5. The summed E-state index contributed by atoms with van der Waals surface area (Å²) in [6.45, 7) is 14.4. The van der Waals surface area contributed by atoms with Crippen LogP contribution in [0.2, 0.25) is 0 Å². The molecule has 0 amide bonds. The number of ether oxygens (including phenoxy) is 1. The van der Waals surface area contributed by atoms with Gasteiger partial charge in [0.1, 0.15) is 6.10 Å². The zero-order chi connectivity index (χ0) is 25.8. The lowest BCUT2D eigenvalue weighted by molar-refractivity contribution is -0.152. The van der Waals surface area contributed by atoms with Crippen molar-refractivity contribution in [1.82, 2.24) is 4.90 Å². The third-order valence-corrected chi connectivity index (χ3v) is 10.6. The Morgan fingerprint density at radius 2 is 1.80 bits per heavy atom. The summed E-state index contributed by atoms with van der Waals surface area (Å²) in [5.41, 5.74) is 2.54. The molecular formula is C32H57NO2. The van der Waals surface area contributed by atoms with E-state index in [1.54, 1.807) is 5.57 Å². The topological polar surface area (TPSA) is 29.5 Å². The molecule has 0 N–H and O–H groups in total. The first-order chi connectivity index (χ1) is 16.6. The van der Waals surface area contributed by atoms with E-state index in [0.717, 1.165) is 42.4 Å². The number of unbranched alkanes of at least 4 members (excludes halogenated alkanes) is 1. The van der Waals surface area contributed by atoms with E-state index in [1.807, 2.05) is 32.8 Å². The van der Waals surface area contributed by atoms with Crippen molar-refractivity contribution in [3.63, 3.8) is 0 Å². The Labute approximate surface area is 217 Å². The largest absolute Gasteiger partial charge is 0.461 e. The minimum atomic E-state index is -0.0679. The predicted molar refractivity (Wildman–Crippen MR) is 148 cm³/mol. The summed E-state index contributed by atoms with van der Waals surface area (Å²) in [6, 6.07) is 0. The normalized spacial score (nSPS) is 38.1. The maximum absolute atomic E-state index is 12.2. The Morgan fingerprint density at radius 3 is 2.49 bits per heavy atom. The summed E-state index contributed by atoms with van der Waals surface area (Å²) in [7, 11) is 3.86. The number of hydrogen-bond donors (Lipinski definition) is 0. The molecule has 0 aromatic heterocycles. The second kappa shape index (κ2) is 12.1. The van der Waals surface area contributed by atoms with Gasteiger partial charge < -0.3 is 4.74 Å². The molecule has 4 rings (SSSR count). The highest BCUT2D eigenvalue weighted by Gasteiger charge is 2.58. The lowest BCUT2D eigenvalue weighted by atomic mass is 9.47. The highest BCUT2D eigenvalue weighted by Crippen LogP contribution is 2.66. The van der Waals surface area contributed by atoms with Gasteiger partial charge in [0, 0.05) is 6.42 Å². The number of esters is 1. The van der Waals surface area contributed by atoms with Crippen LogP contribution in [0.4, 0.5) is 0 Å². The first-order valence-electron chi connectivity index (χ1n) is 15.2. The Bertz CT molecular complexity index is 727. The van der Waals surface area contributed by atoms with Gasteiger partial charge in [-0.1, -0.05) is 72.5 Å². The SMILES string of the molecule is CC.CC(C)CCCC[C@H]1CCC2[C@@H]3CC=C4CC(OC(=O)CN(C)C)CC[C@]4(C)C3CC[C@@]21C. The Balaban J connectivity index is 0.00000167. The van der Waals surface area contributed by atoms with Crippen LogP contribution in [0.1, 0.15) is 119 Å². The van der Waals surface area contributed by atoms with Crippen molar-refractivity contribution in [2.24, 2.45) is 40.4 Å². The summed E-state index contributed by atoms with van der Waals surface area (Å²) in [4.78, 5) is 14.1. The predicted octanol–water partition coefficient (Wildman–Crippen LogP) is 8.28. The average molecular weight is 488 g/mol. The molecule has 35 heavy (non-hydrogen) atoms. The molecule has 0 heterocycles. The molecule has 0 radical (unpaired) electrons. The molecule has 3 fully saturated rings. The number of fused-ring (bicyclic) bond motifs is 5. The van der Waals surface area contributed by atoms with E-state index in [0.29, 0.717) is 17.4 Å². The van der Waals surface area contributed by atoms with Crippen LogP contribution in [-0.4, -0.2) is 37.6 Å². The fourth-order valence-corrected chi connectivity index (χ4v) is 8.74. The van der Waals surface area contributed by atoms with Crippen LogP contribution in [-0.2, 0) is 9.53 Å². The maximum atomic E-state index is 12.2. The Morgan fingerprint density at radius 1 is 1.06 bits per heavy atom. The van der Waals surface area contributed by atoms with E-state index in [4.69, 9.17) is 4.74 Å². The highest BCUT2D eigenvalue weighted by atomic mass is 16.5. The van der Waals surface area contributed by atoms with E-state index >= 15 is 0 Å². The molecule has 4 aliphatic carbocycles. The van der Waals surface area contributed by atoms with Gasteiger partial charge in [0.15, 0.2) is 0 Å². The van der Waals surface area contributed by atoms with Gasteiger partial charge in [-0.25, -0.2) is 0 Å². The molecule has 0 aromatic carbocycles. The summed E-state index contributed by atoms with van der Waals surface area (Å²) >= 11 is 0. The third-order valence-electron chi connectivity index (χ3n) is 10.6. The van der Waals surface area contributed by atoms with E-state index < -0.39 is 0 Å². The van der Waals surface area contributed by atoms with Gasteiger partial charge in [-0.2, -0.15) is 0 Å². The van der Waals surface area contributed by atoms with Crippen LogP contribution in [0, 0.1) is 40.4 Å². The number of nitrogens with zero attached hydrogens (tertiary/aromatic N) is 1. The molecule has 0 aliphatic heterocycles. The van der Waals surface area contributed by atoms with Crippen LogP contribution in [0.25, 0.3) is 0 Å². The smallest absolute Gasteiger partial charge is 0.320 e. The molecule has 3 unspecified atom stereocenters. The Kier molecular flexibility index (Phi) is 9.97. The summed E-state index contributed by atoms with van der Waals surface area (Å²) in [5, 5.41) is 0. The van der Waals surface area contributed by atoms with Crippen LogP contribution >= 0.6 is 0 Å². The first-order valence-corrected chi connectivity index (χ1v) is 15.2. The first kappa shape index (κ1) is 28.7. The van der Waals surface area contributed by atoms with Crippen LogP contribution < -0.4 is 0 Å². The summed E-state index contributed by atoms with van der Waals surface area (Å²) in [6.07, 6.45) is 18.7. The number of rotatable bonds is 8. The monoisotopic (exact) mass is 487 g/mol. The molecule has 0 saturated heterocycles. The van der Waals surface area contributed by atoms with Crippen molar-refractivity contribution in [2.45, 2.75) is 125 Å². The molecule has 0 bridgehead atoms. The summed E-state index contributed by atoms with van der Waals surface area (Å²) in [5.74, 6) is 4.39. The fourth-order valence-electron chi connectivity index (χ4n) is 8.74. The van der Waals surface area contributed by atoms with Crippen molar-refractivity contribution < 1.29 is 9.53 Å². The van der Waals surface area contributed by atoms with Crippen molar-refractivity contribution >= 4 is 5.97 Å². The minimum absolute atomic E-state index is 0.0679. The van der Waals surface area contributed by atoms with Gasteiger partial charge in [-0.3, -0.25) is 9.69 Å². The number of likely N-dealkylation sites (N-methyl/N-ethyl adjacent to an activating group) is 1. The minimum Gasteiger partial charge on any atom is -0.461 e. The van der Waals surface area contributed by atoms with Gasteiger partial charge in [0.2, 0.25) is 0 Å². The summed E-state index contributed by atoms with van der Waals surface area (Å²) < 4.78 is 5.87. The van der Waals surface area contributed by atoms with Gasteiger partial charge in [-0.05, 0) is 106 Å². The molecular weight excluding hydrogens is 430 g/mol. The van der Waals surface area contributed by atoms with Gasteiger partial charge >= 0.3 is 5.97 Å². The second-order valence-electron chi connectivity index (χ2n) is 13.3. The van der Waals surface area contributed by atoms with E-state index in [2.05, 4.69) is 33.8 Å². The fraction of sp³-hybridized carbons (Fsp3) is 0.906. The zero-order valence-electron chi connectivity index (χ0n) is 24.5. The molecule has 7 atom stereocenters. The lowest BCUT2D eigenvalue weighted by Crippen LogP contribution is -2.50. The number of allylic oxidation sites excluding steroid dienone is 1. The highest BCUT2D eigenvalue weighted by molar-refractivity contribution is 5.71. The van der Waals surface area contributed by atoms with E-state index in [-0.39, 0.29) is 12.1 Å².